The van der Waals surface area contributed by atoms with Crippen LogP contribution in [0.1, 0.15) is 39.5 Å². The van der Waals surface area contributed by atoms with Gasteiger partial charge in [-0.3, -0.25) is 9.36 Å². The molecule has 30 heavy (non-hydrogen) atoms. The Morgan fingerprint density at radius 1 is 1.10 bits per heavy atom. The van der Waals surface area contributed by atoms with Gasteiger partial charge in [-0.2, -0.15) is 0 Å². The number of hydrogen-bond acceptors (Lipinski definition) is 6. The van der Waals surface area contributed by atoms with Gasteiger partial charge in [-0.1, -0.05) is 25.2 Å². The molecule has 0 spiro atoms. The lowest BCUT2D eigenvalue weighted by Gasteiger charge is -2.35. The zero-order valence-electron chi connectivity index (χ0n) is 18.2. The maximum atomic E-state index is 12.6. The third-order valence-corrected chi connectivity index (χ3v) is 7.26. The van der Waals surface area contributed by atoms with Crippen LogP contribution in [0.4, 0.5) is 5.13 Å². The number of amides is 1. The van der Waals surface area contributed by atoms with Crippen molar-refractivity contribution in [1.82, 2.24) is 25.0 Å². The lowest BCUT2D eigenvalue weighted by molar-refractivity contribution is -0.125. The second-order valence-electron chi connectivity index (χ2n) is 9.07. The van der Waals surface area contributed by atoms with Gasteiger partial charge in [0.2, 0.25) is 16.2 Å². The molecule has 4 heterocycles. The number of nitrogens with zero attached hydrogens (tertiary/aromatic N) is 5. The quantitative estimate of drug-likeness (QED) is 0.684. The Hall–Kier alpha value is -1.93. The number of piperidine rings is 2. The highest BCUT2D eigenvalue weighted by Crippen LogP contribution is 2.28. The van der Waals surface area contributed by atoms with E-state index in [9.17, 15) is 4.79 Å². The zero-order valence-corrected chi connectivity index (χ0v) is 19.0. The van der Waals surface area contributed by atoms with Crippen molar-refractivity contribution < 1.29 is 4.79 Å². The minimum absolute atomic E-state index is 0.119. The number of carbonyl (C=O) groups is 1. The van der Waals surface area contributed by atoms with E-state index in [-0.39, 0.29) is 11.8 Å². The summed E-state index contributed by atoms with van der Waals surface area (Å²) in [6, 6.07) is 3.97. The lowest BCUT2D eigenvalue weighted by Crippen LogP contribution is -2.42. The van der Waals surface area contributed by atoms with Gasteiger partial charge >= 0.3 is 0 Å². The molecule has 0 bridgehead atoms. The highest BCUT2D eigenvalue weighted by molar-refractivity contribution is 7.17. The predicted octanol–water partition coefficient (Wildman–Crippen LogP) is 3.03. The molecular formula is C22H34N6OS. The SMILES string of the molecule is C[C@@H]1C[C@H](C)CN(CCCNC(=O)C2CCN(c3nnc(-n4cccc4)s3)CC2)C1. The molecule has 2 saturated heterocycles. The minimum Gasteiger partial charge on any atom is -0.356 e. The second-order valence-corrected chi connectivity index (χ2v) is 10.0. The van der Waals surface area contributed by atoms with Crippen molar-refractivity contribution in [2.75, 3.05) is 44.2 Å². The molecule has 2 aliphatic heterocycles. The van der Waals surface area contributed by atoms with Crippen LogP contribution in [-0.2, 0) is 4.79 Å². The van der Waals surface area contributed by atoms with E-state index >= 15 is 0 Å². The van der Waals surface area contributed by atoms with Gasteiger partial charge in [-0.25, -0.2) is 0 Å². The van der Waals surface area contributed by atoms with Crippen molar-refractivity contribution in [1.29, 1.82) is 0 Å². The van der Waals surface area contributed by atoms with Gasteiger partial charge in [0.05, 0.1) is 0 Å². The topological polar surface area (TPSA) is 66.3 Å². The molecule has 0 aromatic carbocycles. The summed E-state index contributed by atoms with van der Waals surface area (Å²) >= 11 is 1.60. The van der Waals surface area contributed by atoms with E-state index in [1.54, 1.807) is 11.3 Å². The summed E-state index contributed by atoms with van der Waals surface area (Å²) in [6.45, 7) is 10.7. The van der Waals surface area contributed by atoms with Crippen molar-refractivity contribution in [3.05, 3.63) is 24.5 Å². The first-order valence-corrected chi connectivity index (χ1v) is 12.1. The Bertz CT molecular complexity index is 788. The highest BCUT2D eigenvalue weighted by atomic mass is 32.1. The van der Waals surface area contributed by atoms with E-state index in [1.165, 1.54) is 19.5 Å². The molecule has 1 N–H and O–H groups in total. The average Bonchev–Trinajstić information content (AvgIpc) is 3.42. The lowest BCUT2D eigenvalue weighted by atomic mass is 9.92. The molecule has 4 rings (SSSR count). The molecule has 2 fully saturated rings. The van der Waals surface area contributed by atoms with Crippen molar-refractivity contribution in [3.8, 4) is 5.13 Å². The van der Waals surface area contributed by atoms with Crippen LogP contribution in [0.15, 0.2) is 24.5 Å². The number of aromatic nitrogens is 3. The Kier molecular flexibility index (Phi) is 7.04. The summed E-state index contributed by atoms with van der Waals surface area (Å²) in [5, 5.41) is 13.6. The van der Waals surface area contributed by atoms with E-state index in [4.69, 9.17) is 0 Å². The van der Waals surface area contributed by atoms with Crippen LogP contribution in [0, 0.1) is 17.8 Å². The van der Waals surface area contributed by atoms with Gasteiger partial charge in [0, 0.05) is 51.0 Å². The first kappa shape index (κ1) is 21.3. The summed E-state index contributed by atoms with van der Waals surface area (Å²) in [4.78, 5) is 17.4. The Morgan fingerprint density at radius 2 is 1.77 bits per heavy atom. The Morgan fingerprint density at radius 3 is 2.47 bits per heavy atom. The standard InChI is InChI=1S/C22H34N6OS/c1-17-14-18(2)16-26(15-17)9-5-8-23-20(29)19-6-12-28(13-7-19)22-25-24-21(30-22)27-10-3-4-11-27/h3-4,10-11,17-19H,5-9,12-16H2,1-2H3,(H,23,29)/t17-,18+. The fourth-order valence-corrected chi connectivity index (χ4v) is 5.73. The maximum absolute atomic E-state index is 12.6. The molecule has 2 atom stereocenters. The fourth-order valence-electron chi connectivity index (χ4n) is 4.87. The third kappa shape index (κ3) is 5.40. The molecule has 2 aliphatic rings. The summed E-state index contributed by atoms with van der Waals surface area (Å²) < 4.78 is 1.98. The molecule has 2 aromatic rings. The maximum Gasteiger partial charge on any atom is 0.223 e. The van der Waals surface area contributed by atoms with Gasteiger partial charge in [-0.05, 0) is 56.2 Å². The summed E-state index contributed by atoms with van der Waals surface area (Å²) in [6.07, 6.45) is 8.10. The Balaban J connectivity index is 1.16. The van der Waals surface area contributed by atoms with Crippen LogP contribution >= 0.6 is 11.3 Å². The molecule has 2 aromatic heterocycles. The molecule has 7 nitrogen and oxygen atoms in total. The van der Waals surface area contributed by atoms with Crippen LogP contribution in [0.5, 0.6) is 0 Å². The summed E-state index contributed by atoms with van der Waals surface area (Å²) in [7, 11) is 0. The van der Waals surface area contributed by atoms with Gasteiger partial charge < -0.3 is 15.1 Å². The van der Waals surface area contributed by atoms with Gasteiger partial charge in [0.15, 0.2) is 0 Å². The summed E-state index contributed by atoms with van der Waals surface area (Å²) in [5.41, 5.74) is 0. The van der Waals surface area contributed by atoms with Crippen LogP contribution < -0.4 is 10.2 Å². The minimum atomic E-state index is 0.119. The third-order valence-electron chi connectivity index (χ3n) is 6.26. The van der Waals surface area contributed by atoms with Gasteiger partial charge in [0.1, 0.15) is 0 Å². The van der Waals surface area contributed by atoms with Crippen molar-refractivity contribution in [2.24, 2.45) is 17.8 Å². The molecule has 1 amide bonds. The smallest absolute Gasteiger partial charge is 0.223 e. The van der Waals surface area contributed by atoms with Gasteiger partial charge in [-0.15, -0.1) is 10.2 Å². The van der Waals surface area contributed by atoms with Crippen molar-refractivity contribution in [2.45, 2.75) is 39.5 Å². The van der Waals surface area contributed by atoms with Crippen molar-refractivity contribution >= 4 is 22.4 Å². The van der Waals surface area contributed by atoms with E-state index in [0.29, 0.717) is 0 Å². The Labute approximate surface area is 183 Å². The zero-order chi connectivity index (χ0) is 20.9. The predicted molar refractivity (Wildman–Crippen MR) is 121 cm³/mol. The van der Waals surface area contributed by atoms with Crippen LogP contribution in [0.3, 0.4) is 0 Å². The molecule has 164 valence electrons. The molecule has 0 aliphatic carbocycles. The normalized spacial score (nSPS) is 23.6. The molecule has 8 heteroatoms. The summed E-state index contributed by atoms with van der Waals surface area (Å²) in [5.74, 6) is 1.93. The number of anilines is 1. The average molecular weight is 431 g/mol. The van der Waals surface area contributed by atoms with Crippen molar-refractivity contribution in [3.63, 3.8) is 0 Å². The van der Waals surface area contributed by atoms with Crippen LogP contribution in [0.25, 0.3) is 5.13 Å². The first-order valence-electron chi connectivity index (χ1n) is 11.3. The largest absolute Gasteiger partial charge is 0.356 e. The number of carbonyl (C=O) groups excluding carboxylic acids is 1. The van der Waals surface area contributed by atoms with Crippen LogP contribution in [0.2, 0.25) is 0 Å². The number of hydrogen-bond donors (Lipinski definition) is 1. The molecular weight excluding hydrogens is 396 g/mol. The molecule has 0 unspecified atom stereocenters. The fraction of sp³-hybridized carbons (Fsp3) is 0.682. The van der Waals surface area contributed by atoms with E-state index in [2.05, 4.69) is 39.2 Å². The number of rotatable bonds is 7. The van der Waals surface area contributed by atoms with Crippen LogP contribution in [-0.4, -0.2) is 64.8 Å². The van der Waals surface area contributed by atoms with E-state index in [1.807, 2.05) is 29.1 Å². The molecule has 0 saturated carbocycles. The highest BCUT2D eigenvalue weighted by Gasteiger charge is 2.27. The van der Waals surface area contributed by atoms with E-state index in [0.717, 1.165) is 67.5 Å². The monoisotopic (exact) mass is 430 g/mol. The first-order chi connectivity index (χ1) is 14.6. The van der Waals surface area contributed by atoms with E-state index < -0.39 is 0 Å². The van der Waals surface area contributed by atoms with Gasteiger partial charge in [0.25, 0.3) is 0 Å². The number of nitrogens with one attached hydrogen (secondary N) is 1. The molecule has 0 radical (unpaired) electrons. The second kappa shape index (κ2) is 9.92. The number of likely N-dealkylation sites (tertiary alicyclic amines) is 1.